The molecule has 1 amide bonds. The number of hydrogen-bond acceptors (Lipinski definition) is 5. The molecule has 1 N–H and O–H groups in total. The van der Waals surface area contributed by atoms with Gasteiger partial charge < -0.3 is 19.1 Å². The summed E-state index contributed by atoms with van der Waals surface area (Å²) < 4.78 is 12.3. The first-order valence-corrected chi connectivity index (χ1v) is 8.16. The summed E-state index contributed by atoms with van der Waals surface area (Å²) in [6.07, 6.45) is 0. The molecule has 7 nitrogen and oxygen atoms in total. The van der Waals surface area contributed by atoms with Crippen LogP contribution in [0.15, 0.2) is 58.8 Å². The van der Waals surface area contributed by atoms with Crippen molar-refractivity contribution in [3.63, 3.8) is 0 Å². The second-order valence-electron chi connectivity index (χ2n) is 5.47. The van der Waals surface area contributed by atoms with E-state index in [4.69, 9.17) is 9.47 Å². The first-order chi connectivity index (χ1) is 12.7. The lowest BCUT2D eigenvalue weighted by molar-refractivity contribution is -0.120. The van der Waals surface area contributed by atoms with Crippen molar-refractivity contribution >= 4 is 22.5 Å². The molecule has 26 heavy (non-hydrogen) atoms. The smallest absolute Gasteiger partial charge is 0.302 e. The van der Waals surface area contributed by atoms with Gasteiger partial charge in [0.05, 0.1) is 12.6 Å². The molecule has 0 spiro atoms. The Morgan fingerprint density at radius 2 is 1.81 bits per heavy atom. The highest BCUT2D eigenvalue weighted by Gasteiger charge is 2.15. The Bertz CT molecular complexity index is 963. The van der Waals surface area contributed by atoms with Gasteiger partial charge in [0.25, 0.3) is 0 Å². The number of methoxy groups -OCH3 is 1. The summed E-state index contributed by atoms with van der Waals surface area (Å²) in [6, 6.07) is 14.4. The molecule has 2 aromatic carbocycles. The van der Waals surface area contributed by atoms with E-state index in [0.29, 0.717) is 18.0 Å². The zero-order chi connectivity index (χ0) is 18.5. The molecule has 0 saturated carbocycles. The number of aryl methyl sites for hydroxylation is 1. The summed E-state index contributed by atoms with van der Waals surface area (Å²) in [7, 11) is 1.52. The molecule has 0 aliphatic heterocycles. The minimum atomic E-state index is -0.566. The van der Waals surface area contributed by atoms with Crippen LogP contribution in [0.3, 0.4) is 0 Å². The van der Waals surface area contributed by atoms with E-state index >= 15 is 0 Å². The lowest BCUT2D eigenvalue weighted by atomic mass is 10.2. The predicted octanol–water partition coefficient (Wildman–Crippen LogP) is 4.06. The Balaban J connectivity index is 1.77. The maximum Gasteiger partial charge on any atom is 0.302 e. The van der Waals surface area contributed by atoms with E-state index in [1.54, 1.807) is 28.8 Å². The fraction of sp³-hybridized carbons (Fsp3) is 0.211. The third kappa shape index (κ3) is 3.37. The maximum atomic E-state index is 12.0. The van der Waals surface area contributed by atoms with E-state index in [1.165, 1.54) is 7.11 Å². The van der Waals surface area contributed by atoms with E-state index in [9.17, 15) is 9.90 Å². The molecule has 0 saturated heterocycles. The Hall–Kier alpha value is -3.35. The highest BCUT2D eigenvalue weighted by molar-refractivity contribution is 5.95. The van der Waals surface area contributed by atoms with Crippen molar-refractivity contribution in [2.45, 2.75) is 13.5 Å². The van der Waals surface area contributed by atoms with Gasteiger partial charge in [-0.05, 0) is 25.1 Å². The van der Waals surface area contributed by atoms with Crippen LogP contribution in [-0.4, -0.2) is 29.3 Å². The van der Waals surface area contributed by atoms with Gasteiger partial charge in [-0.25, -0.2) is 0 Å². The molecular weight excluding hydrogens is 334 g/mol. The molecule has 7 heteroatoms. The Kier molecular flexibility index (Phi) is 5.17. The summed E-state index contributed by atoms with van der Waals surface area (Å²) in [6.45, 7) is 2.21. The fourth-order valence-electron chi connectivity index (χ4n) is 2.70. The van der Waals surface area contributed by atoms with Crippen LogP contribution < -0.4 is 9.47 Å². The van der Waals surface area contributed by atoms with E-state index in [0.717, 1.165) is 10.9 Å². The minimum Gasteiger partial charge on any atom is -0.493 e. The lowest BCUT2D eigenvalue weighted by Gasteiger charge is -2.07. The first kappa shape index (κ1) is 17.5. The third-order valence-electron chi connectivity index (χ3n) is 3.92. The van der Waals surface area contributed by atoms with Crippen molar-refractivity contribution in [1.82, 2.24) is 4.57 Å². The van der Waals surface area contributed by atoms with Crippen LogP contribution >= 0.6 is 0 Å². The number of ether oxygens (including phenoxy) is 2. The number of aromatic nitrogens is 1. The maximum absolute atomic E-state index is 12.0. The number of aromatic hydroxyl groups is 1. The van der Waals surface area contributed by atoms with Crippen LogP contribution in [0, 0.1) is 0 Å². The van der Waals surface area contributed by atoms with Crippen molar-refractivity contribution < 1.29 is 19.4 Å². The van der Waals surface area contributed by atoms with Gasteiger partial charge in [-0.3, -0.25) is 4.79 Å². The van der Waals surface area contributed by atoms with Crippen molar-refractivity contribution in [3.8, 4) is 17.4 Å². The number of nitrogens with zero attached hydrogens (tertiary/aromatic N) is 3. The highest BCUT2D eigenvalue weighted by Crippen LogP contribution is 2.38. The second kappa shape index (κ2) is 7.69. The predicted molar refractivity (Wildman–Crippen MR) is 97.3 cm³/mol. The number of azo groups is 1. The van der Waals surface area contributed by atoms with E-state index in [-0.39, 0.29) is 18.2 Å². The molecule has 1 heterocycles. The molecule has 3 aromatic rings. The average molecular weight is 353 g/mol. The summed E-state index contributed by atoms with van der Waals surface area (Å²) >= 11 is 0. The van der Waals surface area contributed by atoms with Crippen molar-refractivity contribution in [2.24, 2.45) is 10.2 Å². The molecule has 0 fully saturated rings. The number of fused-ring (bicyclic) bond motifs is 1. The van der Waals surface area contributed by atoms with Crippen molar-refractivity contribution in [2.75, 3.05) is 13.7 Å². The lowest BCUT2D eigenvalue weighted by Crippen LogP contribution is -2.08. The molecule has 0 aliphatic rings. The number of amides is 1. The van der Waals surface area contributed by atoms with Gasteiger partial charge in [-0.1, -0.05) is 30.3 Å². The van der Waals surface area contributed by atoms with Gasteiger partial charge in [-0.15, -0.1) is 10.2 Å². The van der Waals surface area contributed by atoms with Gasteiger partial charge in [0.2, 0.25) is 5.88 Å². The first-order valence-electron chi connectivity index (χ1n) is 8.16. The van der Waals surface area contributed by atoms with E-state index in [2.05, 4.69) is 10.2 Å². The van der Waals surface area contributed by atoms with Gasteiger partial charge in [0, 0.05) is 11.9 Å². The third-order valence-corrected chi connectivity index (χ3v) is 3.92. The number of para-hydroxylation sites is 3. The number of carbonyl (C=O) groups excluding carboxylic acids is 1. The zero-order valence-electron chi connectivity index (χ0n) is 14.5. The summed E-state index contributed by atoms with van der Waals surface area (Å²) in [5, 5.41) is 18.7. The quantitative estimate of drug-likeness (QED) is 0.677. The van der Waals surface area contributed by atoms with Crippen LogP contribution in [0.25, 0.3) is 10.9 Å². The van der Waals surface area contributed by atoms with Gasteiger partial charge in [0.1, 0.15) is 0 Å². The van der Waals surface area contributed by atoms with Crippen molar-refractivity contribution in [3.05, 3.63) is 48.5 Å². The van der Waals surface area contributed by atoms with E-state index < -0.39 is 5.91 Å². The largest absolute Gasteiger partial charge is 0.493 e. The second-order valence-corrected chi connectivity index (χ2v) is 5.47. The summed E-state index contributed by atoms with van der Waals surface area (Å²) in [5.74, 6) is 0.393. The Morgan fingerprint density at radius 3 is 2.54 bits per heavy atom. The summed E-state index contributed by atoms with van der Waals surface area (Å²) in [5.41, 5.74) is 1.10. The molecule has 1 aromatic heterocycles. The minimum absolute atomic E-state index is 0.0177. The van der Waals surface area contributed by atoms with Crippen LogP contribution in [0.1, 0.15) is 6.92 Å². The van der Waals surface area contributed by atoms with Crippen LogP contribution in [0.2, 0.25) is 0 Å². The summed E-state index contributed by atoms with van der Waals surface area (Å²) in [4.78, 5) is 12.0. The number of carbonyl (C=O) groups is 1. The molecule has 0 unspecified atom stereocenters. The number of rotatable bonds is 6. The van der Waals surface area contributed by atoms with Crippen LogP contribution in [0.4, 0.5) is 5.69 Å². The normalized spacial score (nSPS) is 11.2. The molecule has 0 radical (unpaired) electrons. The molecule has 3 rings (SSSR count). The SMILES string of the molecule is CCn1c(O)c(N=NC(=O)COc2ccccc2OC)c2ccccc21. The topological polar surface area (TPSA) is 85.4 Å². The van der Waals surface area contributed by atoms with Gasteiger partial charge in [0.15, 0.2) is 23.8 Å². The number of hydrogen-bond donors (Lipinski definition) is 1. The average Bonchev–Trinajstić information content (AvgIpc) is 2.95. The van der Waals surface area contributed by atoms with E-state index in [1.807, 2.05) is 31.2 Å². The monoisotopic (exact) mass is 353 g/mol. The van der Waals surface area contributed by atoms with Crippen LogP contribution in [0.5, 0.6) is 17.4 Å². The molecule has 0 atom stereocenters. The van der Waals surface area contributed by atoms with Gasteiger partial charge in [-0.2, -0.15) is 0 Å². The fourth-order valence-corrected chi connectivity index (χ4v) is 2.70. The van der Waals surface area contributed by atoms with Crippen molar-refractivity contribution in [1.29, 1.82) is 0 Å². The Morgan fingerprint density at radius 1 is 1.12 bits per heavy atom. The number of benzene rings is 2. The Labute approximate surface area is 150 Å². The molecular formula is C19H19N3O4. The zero-order valence-corrected chi connectivity index (χ0v) is 14.5. The molecule has 0 aliphatic carbocycles. The van der Waals surface area contributed by atoms with Gasteiger partial charge >= 0.3 is 5.91 Å². The standard InChI is InChI=1S/C19H19N3O4/c1-3-22-14-9-5-4-8-13(14)18(19(22)24)21-20-17(23)12-26-16-11-7-6-10-15(16)25-2/h4-11,24H,3,12H2,1-2H3. The van der Waals surface area contributed by atoms with Crippen LogP contribution in [-0.2, 0) is 11.3 Å². The molecule has 134 valence electrons. The highest BCUT2D eigenvalue weighted by atomic mass is 16.5. The molecule has 0 bridgehead atoms.